The summed E-state index contributed by atoms with van der Waals surface area (Å²) in [6.45, 7) is 3.47. The third-order valence-corrected chi connectivity index (χ3v) is 2.53. The minimum absolute atomic E-state index is 0.161. The molecule has 1 amide bonds. The van der Waals surface area contributed by atoms with Gasteiger partial charge in [0.05, 0.1) is 13.2 Å². The second kappa shape index (κ2) is 7.04. The van der Waals surface area contributed by atoms with Crippen molar-refractivity contribution < 1.29 is 18.3 Å². The van der Waals surface area contributed by atoms with Gasteiger partial charge in [-0.25, -0.2) is 8.78 Å². The standard InChI is InChI=1S/C13H18F2N2O2/c1-8-4-5-10(14)13(12(8)15)16-6-11(18)17-9(2)7-19-3/h4-5,9,16H,6-7H2,1-3H3,(H,17,18). The lowest BCUT2D eigenvalue weighted by Crippen LogP contribution is -2.39. The molecule has 0 aliphatic heterocycles. The van der Waals surface area contributed by atoms with Gasteiger partial charge in [-0.15, -0.1) is 0 Å². The summed E-state index contributed by atoms with van der Waals surface area (Å²) in [5.74, 6) is -1.76. The predicted octanol–water partition coefficient (Wildman–Crippen LogP) is 1.84. The van der Waals surface area contributed by atoms with Gasteiger partial charge in [-0.2, -0.15) is 0 Å². The van der Waals surface area contributed by atoms with Crippen LogP contribution in [0.15, 0.2) is 12.1 Å². The van der Waals surface area contributed by atoms with Gasteiger partial charge in [0, 0.05) is 13.2 Å². The molecule has 0 aromatic heterocycles. The van der Waals surface area contributed by atoms with Gasteiger partial charge < -0.3 is 15.4 Å². The van der Waals surface area contributed by atoms with Crippen LogP contribution in [-0.2, 0) is 9.53 Å². The van der Waals surface area contributed by atoms with E-state index >= 15 is 0 Å². The third-order valence-electron chi connectivity index (χ3n) is 2.53. The number of anilines is 1. The van der Waals surface area contributed by atoms with Crippen molar-refractivity contribution in [2.45, 2.75) is 19.9 Å². The predicted molar refractivity (Wildman–Crippen MR) is 69.1 cm³/mol. The van der Waals surface area contributed by atoms with Crippen LogP contribution in [0, 0.1) is 18.6 Å². The highest BCUT2D eigenvalue weighted by atomic mass is 19.1. The number of amides is 1. The van der Waals surface area contributed by atoms with E-state index in [1.165, 1.54) is 20.1 Å². The van der Waals surface area contributed by atoms with Crippen molar-refractivity contribution in [3.05, 3.63) is 29.3 Å². The van der Waals surface area contributed by atoms with E-state index in [1.54, 1.807) is 6.92 Å². The number of aryl methyl sites for hydroxylation is 1. The van der Waals surface area contributed by atoms with Crippen LogP contribution in [0.25, 0.3) is 0 Å². The molecule has 1 atom stereocenters. The Labute approximate surface area is 111 Å². The van der Waals surface area contributed by atoms with E-state index in [2.05, 4.69) is 10.6 Å². The van der Waals surface area contributed by atoms with Crippen LogP contribution >= 0.6 is 0 Å². The molecule has 1 aromatic rings. The summed E-state index contributed by atoms with van der Waals surface area (Å²) in [5, 5.41) is 5.10. The van der Waals surface area contributed by atoms with Crippen molar-refractivity contribution in [1.29, 1.82) is 0 Å². The molecule has 0 saturated heterocycles. The van der Waals surface area contributed by atoms with E-state index in [4.69, 9.17) is 4.74 Å². The van der Waals surface area contributed by atoms with Crippen LogP contribution in [-0.4, -0.2) is 32.2 Å². The van der Waals surface area contributed by atoms with Gasteiger partial charge in [0.1, 0.15) is 11.5 Å². The van der Waals surface area contributed by atoms with Crippen molar-refractivity contribution in [2.75, 3.05) is 25.6 Å². The molecular weight excluding hydrogens is 254 g/mol. The molecule has 1 unspecified atom stereocenters. The molecule has 1 rings (SSSR count). The van der Waals surface area contributed by atoms with Crippen LogP contribution < -0.4 is 10.6 Å². The van der Waals surface area contributed by atoms with Gasteiger partial charge in [0.25, 0.3) is 0 Å². The number of methoxy groups -OCH3 is 1. The molecule has 0 bridgehead atoms. The van der Waals surface area contributed by atoms with Gasteiger partial charge in [0.15, 0.2) is 5.82 Å². The number of carbonyl (C=O) groups is 1. The van der Waals surface area contributed by atoms with Crippen LogP contribution in [0.1, 0.15) is 12.5 Å². The Balaban J connectivity index is 2.58. The second-order valence-corrected chi connectivity index (χ2v) is 4.33. The molecule has 0 heterocycles. The van der Waals surface area contributed by atoms with Crippen molar-refractivity contribution in [3.63, 3.8) is 0 Å². The monoisotopic (exact) mass is 272 g/mol. The molecule has 0 radical (unpaired) electrons. The van der Waals surface area contributed by atoms with Gasteiger partial charge >= 0.3 is 0 Å². The number of hydrogen-bond acceptors (Lipinski definition) is 3. The van der Waals surface area contributed by atoms with Crippen molar-refractivity contribution in [3.8, 4) is 0 Å². The first-order valence-corrected chi connectivity index (χ1v) is 5.92. The molecule has 2 N–H and O–H groups in total. The Morgan fingerprint density at radius 3 is 2.74 bits per heavy atom. The maximum absolute atomic E-state index is 13.6. The molecule has 0 aliphatic carbocycles. The molecule has 19 heavy (non-hydrogen) atoms. The third kappa shape index (κ3) is 4.48. The molecule has 0 aliphatic rings. The Bertz CT molecular complexity index is 453. The lowest BCUT2D eigenvalue weighted by molar-refractivity contribution is -0.120. The smallest absolute Gasteiger partial charge is 0.239 e. The minimum Gasteiger partial charge on any atom is -0.383 e. The summed E-state index contributed by atoms with van der Waals surface area (Å²) in [5.41, 5.74) is 0.0339. The maximum atomic E-state index is 13.6. The molecule has 4 nitrogen and oxygen atoms in total. The SMILES string of the molecule is COCC(C)NC(=O)CNc1c(F)ccc(C)c1F. The quantitative estimate of drug-likeness (QED) is 0.830. The normalized spacial score (nSPS) is 12.1. The number of hydrogen-bond donors (Lipinski definition) is 2. The van der Waals surface area contributed by atoms with E-state index in [9.17, 15) is 13.6 Å². The topological polar surface area (TPSA) is 50.4 Å². The second-order valence-electron chi connectivity index (χ2n) is 4.33. The summed E-state index contributed by atoms with van der Waals surface area (Å²) in [7, 11) is 1.53. The zero-order valence-electron chi connectivity index (χ0n) is 11.2. The van der Waals surface area contributed by atoms with E-state index in [-0.39, 0.29) is 24.2 Å². The number of ether oxygens (including phenoxy) is 1. The van der Waals surface area contributed by atoms with Gasteiger partial charge in [0.2, 0.25) is 5.91 Å². The summed E-state index contributed by atoms with van der Waals surface area (Å²) in [4.78, 5) is 11.5. The summed E-state index contributed by atoms with van der Waals surface area (Å²) in [6.07, 6.45) is 0. The van der Waals surface area contributed by atoms with Crippen molar-refractivity contribution >= 4 is 11.6 Å². The summed E-state index contributed by atoms with van der Waals surface area (Å²) in [6, 6.07) is 2.34. The first kappa shape index (κ1) is 15.4. The number of rotatable bonds is 6. The lowest BCUT2D eigenvalue weighted by atomic mass is 10.2. The van der Waals surface area contributed by atoms with E-state index in [0.29, 0.717) is 12.2 Å². The molecule has 0 fully saturated rings. The first-order valence-electron chi connectivity index (χ1n) is 5.92. The maximum Gasteiger partial charge on any atom is 0.239 e. The summed E-state index contributed by atoms with van der Waals surface area (Å²) >= 11 is 0. The first-order chi connectivity index (χ1) is 8.95. The lowest BCUT2D eigenvalue weighted by Gasteiger charge is -2.14. The minimum atomic E-state index is -0.721. The van der Waals surface area contributed by atoms with Crippen LogP contribution in [0.2, 0.25) is 0 Å². The van der Waals surface area contributed by atoms with Gasteiger partial charge in [-0.3, -0.25) is 4.79 Å². The Hall–Kier alpha value is -1.69. The number of benzene rings is 1. The summed E-state index contributed by atoms with van der Waals surface area (Å²) < 4.78 is 31.9. The molecule has 6 heteroatoms. The molecule has 1 aromatic carbocycles. The average molecular weight is 272 g/mol. The largest absolute Gasteiger partial charge is 0.383 e. The number of halogens is 2. The van der Waals surface area contributed by atoms with E-state index in [1.807, 2.05) is 0 Å². The fraction of sp³-hybridized carbons (Fsp3) is 0.462. The fourth-order valence-electron chi connectivity index (χ4n) is 1.60. The highest BCUT2D eigenvalue weighted by Crippen LogP contribution is 2.21. The van der Waals surface area contributed by atoms with Crippen molar-refractivity contribution in [1.82, 2.24) is 5.32 Å². The molecule has 106 valence electrons. The number of nitrogens with one attached hydrogen (secondary N) is 2. The van der Waals surface area contributed by atoms with E-state index in [0.717, 1.165) is 6.07 Å². The number of carbonyl (C=O) groups excluding carboxylic acids is 1. The van der Waals surface area contributed by atoms with Crippen molar-refractivity contribution in [2.24, 2.45) is 0 Å². The Morgan fingerprint density at radius 2 is 2.11 bits per heavy atom. The van der Waals surface area contributed by atoms with E-state index < -0.39 is 11.6 Å². The van der Waals surface area contributed by atoms with Crippen LogP contribution in [0.4, 0.5) is 14.5 Å². The Morgan fingerprint density at radius 1 is 1.42 bits per heavy atom. The molecule has 0 saturated carbocycles. The Kier molecular flexibility index (Phi) is 5.69. The van der Waals surface area contributed by atoms with Crippen LogP contribution in [0.5, 0.6) is 0 Å². The molecular formula is C13H18F2N2O2. The fourth-order valence-corrected chi connectivity index (χ4v) is 1.60. The van der Waals surface area contributed by atoms with Crippen LogP contribution in [0.3, 0.4) is 0 Å². The highest BCUT2D eigenvalue weighted by molar-refractivity contribution is 5.81. The average Bonchev–Trinajstić information content (AvgIpc) is 2.34. The zero-order valence-corrected chi connectivity index (χ0v) is 11.2. The highest BCUT2D eigenvalue weighted by Gasteiger charge is 2.13. The molecule has 0 spiro atoms. The van der Waals surface area contributed by atoms with Gasteiger partial charge in [-0.1, -0.05) is 6.07 Å². The van der Waals surface area contributed by atoms with Gasteiger partial charge in [-0.05, 0) is 25.5 Å². The zero-order chi connectivity index (χ0) is 14.4.